The first-order chi connectivity index (χ1) is 5.35. The summed E-state index contributed by atoms with van der Waals surface area (Å²) in [6.45, 7) is 6.69. The van der Waals surface area contributed by atoms with Crippen LogP contribution in [0.15, 0.2) is 43.1 Å². The van der Waals surface area contributed by atoms with Crippen molar-refractivity contribution in [3.05, 3.63) is 48.8 Å². The largest absolute Gasteiger partial charge is 0.257 e. The van der Waals surface area contributed by atoms with Crippen molar-refractivity contribution in [1.82, 2.24) is 4.98 Å². The molecule has 0 radical (unpaired) electrons. The summed E-state index contributed by atoms with van der Waals surface area (Å²) in [5, 5.41) is 0. The maximum Gasteiger partial charge on any atom is 0.0623 e. The molecule has 1 rings (SSSR count). The maximum absolute atomic E-state index is 4.76. The SMILES string of the molecule is C=CCl.C=Cc1ccccn1. The second-order valence-electron chi connectivity index (χ2n) is 1.61. The Bertz CT molecular complexity index is 206. The summed E-state index contributed by atoms with van der Waals surface area (Å²) >= 11 is 4.76. The molecule has 0 aliphatic heterocycles. The molecule has 1 aromatic rings. The van der Waals surface area contributed by atoms with Crippen molar-refractivity contribution >= 4 is 17.7 Å². The molecule has 0 aliphatic carbocycles. The third kappa shape index (κ3) is 5.37. The van der Waals surface area contributed by atoms with Crippen LogP contribution in [0.1, 0.15) is 5.69 Å². The molecule has 0 N–H and O–H groups in total. The van der Waals surface area contributed by atoms with E-state index in [1.54, 1.807) is 12.3 Å². The van der Waals surface area contributed by atoms with Gasteiger partial charge in [0.2, 0.25) is 0 Å². The Hall–Kier alpha value is -1.08. The number of pyridine rings is 1. The molecule has 58 valence electrons. The van der Waals surface area contributed by atoms with Crippen LogP contribution in [0.2, 0.25) is 0 Å². The average molecular weight is 168 g/mol. The summed E-state index contributed by atoms with van der Waals surface area (Å²) in [5.41, 5.74) is 2.15. The highest BCUT2D eigenvalue weighted by molar-refractivity contribution is 6.25. The molecule has 2 heteroatoms. The number of aromatic nitrogens is 1. The van der Waals surface area contributed by atoms with Crippen LogP contribution in [0, 0.1) is 0 Å². The van der Waals surface area contributed by atoms with Crippen LogP contribution >= 0.6 is 11.6 Å². The summed E-state index contributed by atoms with van der Waals surface area (Å²) in [7, 11) is 0. The fraction of sp³-hybridized carbons (Fsp3) is 0. The van der Waals surface area contributed by atoms with E-state index in [-0.39, 0.29) is 0 Å². The van der Waals surface area contributed by atoms with Crippen LogP contribution in [-0.4, -0.2) is 4.98 Å². The molecular formula is C9H10ClN. The van der Waals surface area contributed by atoms with Gasteiger partial charge in [0.05, 0.1) is 5.69 Å². The molecule has 0 saturated carbocycles. The molecular weight excluding hydrogens is 158 g/mol. The highest BCUT2D eigenvalue weighted by atomic mass is 35.5. The molecule has 11 heavy (non-hydrogen) atoms. The van der Waals surface area contributed by atoms with Crippen molar-refractivity contribution in [3.63, 3.8) is 0 Å². The summed E-state index contributed by atoms with van der Waals surface area (Å²) in [6.07, 6.45) is 3.47. The molecule has 0 aliphatic rings. The monoisotopic (exact) mass is 167 g/mol. The first-order valence-electron chi connectivity index (χ1n) is 3.09. The third-order valence-electron chi connectivity index (χ3n) is 0.897. The summed E-state index contributed by atoms with van der Waals surface area (Å²) < 4.78 is 0. The van der Waals surface area contributed by atoms with Crippen LogP contribution in [0.5, 0.6) is 0 Å². The molecule has 0 unspecified atom stereocenters. The summed E-state index contributed by atoms with van der Waals surface area (Å²) in [4.78, 5) is 3.98. The van der Waals surface area contributed by atoms with Crippen LogP contribution < -0.4 is 0 Å². The molecule has 1 nitrogen and oxygen atoms in total. The van der Waals surface area contributed by atoms with Crippen LogP contribution in [0.25, 0.3) is 6.08 Å². The number of hydrogen-bond donors (Lipinski definition) is 0. The first kappa shape index (κ1) is 9.92. The van der Waals surface area contributed by atoms with Crippen LogP contribution in [0.4, 0.5) is 0 Å². The van der Waals surface area contributed by atoms with Crippen LogP contribution in [0.3, 0.4) is 0 Å². The zero-order chi connectivity index (χ0) is 8.53. The van der Waals surface area contributed by atoms with Gasteiger partial charge in [0.15, 0.2) is 0 Å². The standard InChI is InChI=1S/C7H7N.C2H3Cl/c1-2-7-5-3-4-6-8-7;1-2-3/h2-6H,1H2;2H,1H2. The lowest BCUT2D eigenvalue weighted by atomic mass is 10.4. The fourth-order valence-electron chi connectivity index (χ4n) is 0.497. The predicted octanol–water partition coefficient (Wildman–Crippen LogP) is 3.09. The van der Waals surface area contributed by atoms with Gasteiger partial charge in [-0.3, -0.25) is 4.98 Å². The van der Waals surface area contributed by atoms with Crippen molar-refractivity contribution in [2.45, 2.75) is 0 Å². The van der Waals surface area contributed by atoms with E-state index >= 15 is 0 Å². The van der Waals surface area contributed by atoms with Gasteiger partial charge in [-0.1, -0.05) is 30.8 Å². The van der Waals surface area contributed by atoms with E-state index in [0.29, 0.717) is 0 Å². The Morgan fingerprint density at radius 3 is 2.27 bits per heavy atom. The van der Waals surface area contributed by atoms with Crippen molar-refractivity contribution in [1.29, 1.82) is 0 Å². The summed E-state index contributed by atoms with van der Waals surface area (Å²) in [5.74, 6) is 0. The third-order valence-corrected chi connectivity index (χ3v) is 0.897. The van der Waals surface area contributed by atoms with E-state index in [2.05, 4.69) is 18.1 Å². The van der Waals surface area contributed by atoms with Gasteiger partial charge >= 0.3 is 0 Å². The predicted molar refractivity (Wildman–Crippen MR) is 50.4 cm³/mol. The van der Waals surface area contributed by atoms with Crippen molar-refractivity contribution in [2.24, 2.45) is 0 Å². The number of hydrogen-bond acceptors (Lipinski definition) is 1. The molecule has 0 bridgehead atoms. The quantitative estimate of drug-likeness (QED) is 0.627. The summed E-state index contributed by atoms with van der Waals surface area (Å²) in [6, 6.07) is 5.73. The van der Waals surface area contributed by atoms with E-state index in [1.807, 2.05) is 18.2 Å². The Labute approximate surface area is 72.0 Å². The lowest BCUT2D eigenvalue weighted by Gasteiger charge is -1.84. The number of nitrogens with zero attached hydrogens (tertiary/aromatic N) is 1. The second kappa shape index (κ2) is 7.03. The van der Waals surface area contributed by atoms with E-state index in [4.69, 9.17) is 11.6 Å². The molecule has 0 spiro atoms. The Balaban J connectivity index is 0.000000292. The smallest absolute Gasteiger partial charge is 0.0623 e. The molecule has 0 fully saturated rings. The van der Waals surface area contributed by atoms with E-state index in [0.717, 1.165) is 5.69 Å². The molecule has 0 amide bonds. The van der Waals surface area contributed by atoms with Gasteiger partial charge in [-0.25, -0.2) is 0 Å². The van der Waals surface area contributed by atoms with Gasteiger partial charge in [-0.2, -0.15) is 0 Å². The van der Waals surface area contributed by atoms with Crippen LogP contribution in [-0.2, 0) is 0 Å². The van der Waals surface area contributed by atoms with Gasteiger partial charge in [-0.15, -0.1) is 0 Å². The lowest BCUT2D eigenvalue weighted by molar-refractivity contribution is 1.30. The van der Waals surface area contributed by atoms with Gasteiger partial charge in [0, 0.05) is 6.20 Å². The molecule has 0 atom stereocenters. The fourth-order valence-corrected chi connectivity index (χ4v) is 0.497. The first-order valence-corrected chi connectivity index (χ1v) is 3.53. The molecule has 1 heterocycles. The Morgan fingerprint density at radius 2 is 2.00 bits per heavy atom. The highest BCUT2D eigenvalue weighted by Gasteiger charge is 1.77. The topological polar surface area (TPSA) is 12.9 Å². The molecule has 1 aromatic heterocycles. The molecule has 0 saturated heterocycles. The normalized spacial score (nSPS) is 7.36. The van der Waals surface area contributed by atoms with Crippen molar-refractivity contribution < 1.29 is 0 Å². The van der Waals surface area contributed by atoms with Gasteiger partial charge in [0.25, 0.3) is 0 Å². The number of rotatable bonds is 1. The minimum Gasteiger partial charge on any atom is -0.257 e. The zero-order valence-electron chi connectivity index (χ0n) is 6.20. The van der Waals surface area contributed by atoms with Crippen molar-refractivity contribution in [2.75, 3.05) is 0 Å². The maximum atomic E-state index is 4.76. The van der Waals surface area contributed by atoms with E-state index in [1.165, 1.54) is 5.54 Å². The highest BCUT2D eigenvalue weighted by Crippen LogP contribution is 1.91. The van der Waals surface area contributed by atoms with E-state index in [9.17, 15) is 0 Å². The Morgan fingerprint density at radius 1 is 1.36 bits per heavy atom. The number of halogens is 1. The minimum atomic E-state index is 0.924. The lowest BCUT2D eigenvalue weighted by Crippen LogP contribution is -1.73. The minimum absolute atomic E-state index is 0.924. The van der Waals surface area contributed by atoms with E-state index < -0.39 is 0 Å². The zero-order valence-corrected chi connectivity index (χ0v) is 6.96. The second-order valence-corrected chi connectivity index (χ2v) is 1.92. The van der Waals surface area contributed by atoms with Crippen molar-refractivity contribution in [3.8, 4) is 0 Å². The van der Waals surface area contributed by atoms with Gasteiger partial charge < -0.3 is 0 Å². The van der Waals surface area contributed by atoms with Gasteiger partial charge in [-0.05, 0) is 23.7 Å². The molecule has 0 aromatic carbocycles. The average Bonchev–Trinajstić information content (AvgIpc) is 2.08. The van der Waals surface area contributed by atoms with Gasteiger partial charge in [0.1, 0.15) is 0 Å². The Kier molecular flexibility index (Phi) is 6.34.